The first-order chi connectivity index (χ1) is 5.37. The summed E-state index contributed by atoms with van der Waals surface area (Å²) in [4.78, 5) is 10.6. The summed E-state index contributed by atoms with van der Waals surface area (Å²) in [5.41, 5.74) is 3.51. The molecule has 0 bridgehead atoms. The molecule has 12 heavy (non-hydrogen) atoms. The average molecular weight is 168 g/mol. The molecule has 1 N–H and O–H groups in total. The van der Waals surface area contributed by atoms with E-state index in [0.717, 1.165) is 16.7 Å². The molecule has 0 aromatic heterocycles. The van der Waals surface area contributed by atoms with E-state index in [1.54, 1.807) is 6.92 Å². The van der Waals surface area contributed by atoms with Crippen molar-refractivity contribution in [2.75, 3.05) is 0 Å². The second-order valence-corrected chi connectivity index (χ2v) is 3.18. The van der Waals surface area contributed by atoms with Gasteiger partial charge in [-0.15, -0.1) is 0 Å². The van der Waals surface area contributed by atoms with Gasteiger partial charge in [0.25, 0.3) is 0 Å². The van der Waals surface area contributed by atoms with Gasteiger partial charge in [0.2, 0.25) is 0 Å². The van der Waals surface area contributed by atoms with Crippen molar-refractivity contribution in [3.8, 4) is 0 Å². The molecule has 0 amide bonds. The van der Waals surface area contributed by atoms with Gasteiger partial charge in [-0.05, 0) is 45.8 Å². The van der Waals surface area contributed by atoms with Crippen molar-refractivity contribution in [3.63, 3.8) is 0 Å². The second-order valence-electron chi connectivity index (χ2n) is 3.18. The van der Waals surface area contributed by atoms with Gasteiger partial charge in [-0.2, -0.15) is 0 Å². The SMILES string of the molecule is CC(C)=C(C)/C(C)=C(\C)C(=O)O. The molecule has 0 saturated heterocycles. The molecule has 2 nitrogen and oxygen atoms in total. The van der Waals surface area contributed by atoms with E-state index in [1.807, 2.05) is 27.7 Å². The standard InChI is InChI=1S/C10H16O2/c1-6(2)7(3)8(4)9(5)10(11)12/h1-5H3,(H,11,12)/b9-8+. The highest BCUT2D eigenvalue weighted by Crippen LogP contribution is 2.17. The Bertz CT molecular complexity index is 253. The topological polar surface area (TPSA) is 37.3 Å². The molecule has 0 radical (unpaired) electrons. The van der Waals surface area contributed by atoms with E-state index in [9.17, 15) is 4.79 Å². The largest absolute Gasteiger partial charge is 0.478 e. The number of carboxylic acid groups (broad SMARTS) is 1. The molecule has 0 atom stereocenters. The number of carboxylic acids is 1. The molecular formula is C10H16O2. The van der Waals surface area contributed by atoms with Crippen molar-refractivity contribution in [2.45, 2.75) is 34.6 Å². The first kappa shape index (κ1) is 11.0. The van der Waals surface area contributed by atoms with Gasteiger partial charge in [0.1, 0.15) is 0 Å². The average Bonchev–Trinajstić information content (AvgIpc) is 2.00. The fourth-order valence-electron chi connectivity index (χ4n) is 0.817. The predicted octanol–water partition coefficient (Wildman–Crippen LogP) is 2.76. The summed E-state index contributed by atoms with van der Waals surface area (Å²) < 4.78 is 0. The van der Waals surface area contributed by atoms with Crippen molar-refractivity contribution in [3.05, 3.63) is 22.3 Å². The lowest BCUT2D eigenvalue weighted by Gasteiger charge is -2.06. The molecule has 0 aliphatic heterocycles. The van der Waals surface area contributed by atoms with E-state index >= 15 is 0 Å². The fourth-order valence-corrected chi connectivity index (χ4v) is 0.817. The van der Waals surface area contributed by atoms with E-state index in [-0.39, 0.29) is 0 Å². The number of carbonyl (C=O) groups is 1. The maximum Gasteiger partial charge on any atom is 0.331 e. The first-order valence-electron chi connectivity index (χ1n) is 3.93. The molecule has 2 heteroatoms. The lowest BCUT2D eigenvalue weighted by Crippen LogP contribution is -2.00. The Morgan fingerprint density at radius 2 is 1.25 bits per heavy atom. The van der Waals surface area contributed by atoms with Crippen LogP contribution in [0.3, 0.4) is 0 Å². The third kappa shape index (κ3) is 2.53. The van der Waals surface area contributed by atoms with Crippen LogP contribution in [0.2, 0.25) is 0 Å². The number of rotatable bonds is 2. The van der Waals surface area contributed by atoms with Gasteiger partial charge >= 0.3 is 5.97 Å². The van der Waals surface area contributed by atoms with Crippen LogP contribution >= 0.6 is 0 Å². The van der Waals surface area contributed by atoms with Gasteiger partial charge in [0.05, 0.1) is 0 Å². The summed E-state index contributed by atoms with van der Waals surface area (Å²) in [6, 6.07) is 0. The molecule has 0 rings (SSSR count). The zero-order valence-corrected chi connectivity index (χ0v) is 8.36. The minimum atomic E-state index is -0.840. The Morgan fingerprint density at radius 1 is 0.833 bits per heavy atom. The van der Waals surface area contributed by atoms with Crippen molar-refractivity contribution in [1.29, 1.82) is 0 Å². The van der Waals surface area contributed by atoms with Gasteiger partial charge in [-0.3, -0.25) is 0 Å². The highest BCUT2D eigenvalue weighted by Gasteiger charge is 2.06. The molecular weight excluding hydrogens is 152 g/mol. The third-order valence-electron chi connectivity index (χ3n) is 2.20. The smallest absolute Gasteiger partial charge is 0.331 e. The Hall–Kier alpha value is -1.05. The van der Waals surface area contributed by atoms with Crippen molar-refractivity contribution in [1.82, 2.24) is 0 Å². The summed E-state index contributed by atoms with van der Waals surface area (Å²) in [6.07, 6.45) is 0. The summed E-state index contributed by atoms with van der Waals surface area (Å²) in [7, 11) is 0. The molecule has 0 aliphatic rings. The van der Waals surface area contributed by atoms with Gasteiger partial charge in [0, 0.05) is 5.57 Å². The molecule has 68 valence electrons. The molecule has 0 fully saturated rings. The summed E-state index contributed by atoms with van der Waals surface area (Å²) in [6.45, 7) is 9.37. The third-order valence-corrected chi connectivity index (χ3v) is 2.20. The zero-order chi connectivity index (χ0) is 9.89. The fraction of sp³-hybridized carbons (Fsp3) is 0.500. The minimum Gasteiger partial charge on any atom is -0.478 e. The number of allylic oxidation sites excluding steroid dienone is 3. The predicted molar refractivity (Wildman–Crippen MR) is 50.1 cm³/mol. The maximum absolute atomic E-state index is 10.6. The lowest BCUT2D eigenvalue weighted by atomic mass is 10.0. The van der Waals surface area contributed by atoms with Crippen LogP contribution < -0.4 is 0 Å². The molecule has 0 unspecified atom stereocenters. The van der Waals surface area contributed by atoms with E-state index < -0.39 is 5.97 Å². The van der Waals surface area contributed by atoms with E-state index in [2.05, 4.69) is 0 Å². The monoisotopic (exact) mass is 168 g/mol. The number of hydrogen-bond acceptors (Lipinski definition) is 1. The maximum atomic E-state index is 10.6. The first-order valence-corrected chi connectivity index (χ1v) is 3.93. The molecule has 0 aromatic carbocycles. The Morgan fingerprint density at radius 3 is 1.50 bits per heavy atom. The molecule has 0 aliphatic carbocycles. The van der Waals surface area contributed by atoms with Crippen molar-refractivity contribution < 1.29 is 9.90 Å². The van der Waals surface area contributed by atoms with Crippen LogP contribution in [0.4, 0.5) is 0 Å². The van der Waals surface area contributed by atoms with Crippen LogP contribution in [0, 0.1) is 0 Å². The quantitative estimate of drug-likeness (QED) is 0.508. The summed E-state index contributed by atoms with van der Waals surface area (Å²) in [5.74, 6) is -0.840. The summed E-state index contributed by atoms with van der Waals surface area (Å²) in [5, 5.41) is 8.70. The van der Waals surface area contributed by atoms with Crippen LogP contribution in [0.5, 0.6) is 0 Å². The number of aliphatic carboxylic acids is 1. The van der Waals surface area contributed by atoms with E-state index in [1.165, 1.54) is 0 Å². The van der Waals surface area contributed by atoms with E-state index in [0.29, 0.717) is 5.57 Å². The second kappa shape index (κ2) is 4.10. The number of hydrogen-bond donors (Lipinski definition) is 1. The van der Waals surface area contributed by atoms with Gasteiger partial charge in [0.15, 0.2) is 0 Å². The highest BCUT2D eigenvalue weighted by molar-refractivity contribution is 5.87. The molecule has 0 spiro atoms. The Kier molecular flexibility index (Phi) is 3.74. The van der Waals surface area contributed by atoms with E-state index in [4.69, 9.17) is 5.11 Å². The zero-order valence-electron chi connectivity index (χ0n) is 8.36. The van der Waals surface area contributed by atoms with Gasteiger partial charge in [-0.25, -0.2) is 4.79 Å². The normalized spacial score (nSPS) is 12.1. The van der Waals surface area contributed by atoms with Crippen molar-refractivity contribution in [2.24, 2.45) is 0 Å². The molecule has 0 heterocycles. The molecule has 0 aromatic rings. The summed E-state index contributed by atoms with van der Waals surface area (Å²) >= 11 is 0. The Balaban J connectivity index is 5.06. The van der Waals surface area contributed by atoms with Crippen LogP contribution in [0.25, 0.3) is 0 Å². The van der Waals surface area contributed by atoms with Crippen molar-refractivity contribution >= 4 is 5.97 Å². The Labute approximate surface area is 73.6 Å². The van der Waals surface area contributed by atoms with Crippen LogP contribution in [-0.4, -0.2) is 11.1 Å². The van der Waals surface area contributed by atoms with Crippen LogP contribution in [0.1, 0.15) is 34.6 Å². The van der Waals surface area contributed by atoms with Gasteiger partial charge < -0.3 is 5.11 Å². The van der Waals surface area contributed by atoms with Crippen LogP contribution in [0.15, 0.2) is 22.3 Å². The van der Waals surface area contributed by atoms with Crippen LogP contribution in [-0.2, 0) is 4.79 Å². The minimum absolute atomic E-state index is 0.425. The lowest BCUT2D eigenvalue weighted by molar-refractivity contribution is -0.132. The molecule has 0 saturated carbocycles. The van der Waals surface area contributed by atoms with Gasteiger partial charge in [-0.1, -0.05) is 5.57 Å². The highest BCUT2D eigenvalue weighted by atomic mass is 16.4.